The topological polar surface area (TPSA) is 55.6 Å². The summed E-state index contributed by atoms with van der Waals surface area (Å²) in [5.41, 5.74) is 4.41. The van der Waals surface area contributed by atoms with Gasteiger partial charge in [-0.1, -0.05) is 34.1 Å². The summed E-state index contributed by atoms with van der Waals surface area (Å²) in [5, 5.41) is 14.6. The Bertz CT molecular complexity index is 740. The van der Waals surface area contributed by atoms with Gasteiger partial charge in [-0.3, -0.25) is 0 Å². The normalized spacial score (nSPS) is 10.6. The predicted molar refractivity (Wildman–Crippen MR) is 85.4 cm³/mol. The average molecular weight is 344 g/mol. The molecule has 0 amide bonds. The third kappa shape index (κ3) is 3.28. The van der Waals surface area contributed by atoms with Crippen LogP contribution in [0.1, 0.15) is 11.1 Å². The lowest BCUT2D eigenvalue weighted by Crippen LogP contribution is -2.01. The smallest absolute Gasteiger partial charge is 0.143 e. The molecule has 0 fully saturated rings. The molecular weight excluding hydrogens is 330 g/mol. The van der Waals surface area contributed by atoms with Crippen LogP contribution in [-0.4, -0.2) is 20.2 Å². The first kappa shape index (κ1) is 13.8. The van der Waals surface area contributed by atoms with E-state index in [0.29, 0.717) is 0 Å². The molecule has 0 unspecified atom stereocenters. The summed E-state index contributed by atoms with van der Waals surface area (Å²) in [4.78, 5) is 0. The van der Waals surface area contributed by atoms with Crippen molar-refractivity contribution in [3.8, 4) is 5.69 Å². The Labute approximate surface area is 131 Å². The number of aromatic nitrogens is 4. The van der Waals surface area contributed by atoms with Crippen LogP contribution in [0, 0.1) is 6.92 Å². The van der Waals surface area contributed by atoms with Gasteiger partial charge < -0.3 is 5.32 Å². The van der Waals surface area contributed by atoms with Crippen LogP contribution in [0.5, 0.6) is 0 Å². The van der Waals surface area contributed by atoms with Crippen molar-refractivity contribution in [2.75, 3.05) is 5.32 Å². The lowest BCUT2D eigenvalue weighted by atomic mass is 10.1. The van der Waals surface area contributed by atoms with Crippen molar-refractivity contribution in [1.82, 2.24) is 20.2 Å². The van der Waals surface area contributed by atoms with Crippen LogP contribution >= 0.6 is 15.9 Å². The summed E-state index contributed by atoms with van der Waals surface area (Å²) >= 11 is 3.56. The van der Waals surface area contributed by atoms with Gasteiger partial charge in [0.2, 0.25) is 0 Å². The molecule has 0 spiro atoms. The van der Waals surface area contributed by atoms with Gasteiger partial charge in [0.15, 0.2) is 0 Å². The summed E-state index contributed by atoms with van der Waals surface area (Å²) in [6, 6.07) is 14.3. The number of hydrogen-bond acceptors (Lipinski definition) is 4. The predicted octanol–water partition coefficient (Wildman–Crippen LogP) is 3.35. The highest BCUT2D eigenvalue weighted by Crippen LogP contribution is 2.19. The van der Waals surface area contributed by atoms with Crippen molar-refractivity contribution < 1.29 is 0 Å². The van der Waals surface area contributed by atoms with Gasteiger partial charge in [0.25, 0.3) is 0 Å². The molecule has 5 nitrogen and oxygen atoms in total. The van der Waals surface area contributed by atoms with Gasteiger partial charge in [0, 0.05) is 16.7 Å². The van der Waals surface area contributed by atoms with Crippen LogP contribution in [0.4, 0.5) is 5.69 Å². The fraction of sp³-hybridized carbons (Fsp3) is 0.133. The Morgan fingerprint density at radius 1 is 1.19 bits per heavy atom. The maximum absolute atomic E-state index is 3.89. The van der Waals surface area contributed by atoms with Gasteiger partial charge in [-0.05, 0) is 52.7 Å². The fourth-order valence-corrected chi connectivity index (χ4v) is 2.41. The number of tetrazole rings is 1. The highest BCUT2D eigenvalue weighted by Gasteiger charge is 2.01. The summed E-state index contributed by atoms with van der Waals surface area (Å²) in [6.07, 6.45) is 1.58. The lowest BCUT2D eigenvalue weighted by molar-refractivity contribution is 0.789. The molecule has 1 N–H and O–H groups in total. The van der Waals surface area contributed by atoms with E-state index in [2.05, 4.69) is 61.9 Å². The molecule has 0 aliphatic carbocycles. The number of rotatable bonds is 4. The molecule has 0 saturated carbocycles. The number of aryl methyl sites for hydroxylation is 1. The van der Waals surface area contributed by atoms with Crippen LogP contribution in [0.15, 0.2) is 53.3 Å². The Morgan fingerprint density at radius 2 is 2.10 bits per heavy atom. The SMILES string of the molecule is Cc1ccc(CNc2cccc(-n3cnnn3)c2)cc1Br. The molecule has 3 rings (SSSR count). The number of benzene rings is 2. The van der Waals surface area contributed by atoms with Crippen LogP contribution < -0.4 is 5.32 Å². The largest absolute Gasteiger partial charge is 0.381 e. The van der Waals surface area contributed by atoms with Crippen molar-refractivity contribution >= 4 is 21.6 Å². The number of halogens is 1. The van der Waals surface area contributed by atoms with Gasteiger partial charge in [-0.25, -0.2) is 4.68 Å². The van der Waals surface area contributed by atoms with Crippen LogP contribution in [0.2, 0.25) is 0 Å². The van der Waals surface area contributed by atoms with Crippen molar-refractivity contribution in [3.05, 3.63) is 64.4 Å². The van der Waals surface area contributed by atoms with E-state index in [9.17, 15) is 0 Å². The molecule has 1 heterocycles. The first-order valence-electron chi connectivity index (χ1n) is 6.55. The molecule has 0 atom stereocenters. The molecule has 106 valence electrons. The standard InChI is InChI=1S/C15H14BrN5/c1-11-5-6-12(7-15(11)16)9-17-13-3-2-4-14(8-13)21-10-18-19-20-21/h2-8,10,17H,9H2,1H3. The molecule has 0 bridgehead atoms. The molecule has 2 aromatic carbocycles. The van der Waals surface area contributed by atoms with Crippen molar-refractivity contribution in [2.45, 2.75) is 13.5 Å². The molecule has 0 radical (unpaired) electrons. The van der Waals surface area contributed by atoms with Gasteiger partial charge >= 0.3 is 0 Å². The van der Waals surface area contributed by atoms with Gasteiger partial charge in [-0.15, -0.1) is 5.10 Å². The summed E-state index contributed by atoms with van der Waals surface area (Å²) < 4.78 is 2.76. The Balaban J connectivity index is 1.73. The van der Waals surface area contributed by atoms with E-state index >= 15 is 0 Å². The van der Waals surface area contributed by atoms with Crippen LogP contribution in [0.3, 0.4) is 0 Å². The molecule has 0 saturated heterocycles. The highest BCUT2D eigenvalue weighted by atomic mass is 79.9. The molecule has 1 aromatic heterocycles. The highest BCUT2D eigenvalue weighted by molar-refractivity contribution is 9.10. The van der Waals surface area contributed by atoms with Gasteiger partial charge in [0.1, 0.15) is 6.33 Å². The first-order valence-corrected chi connectivity index (χ1v) is 7.34. The second-order valence-corrected chi connectivity index (χ2v) is 5.60. The van der Waals surface area contributed by atoms with E-state index in [4.69, 9.17) is 0 Å². The maximum Gasteiger partial charge on any atom is 0.143 e. The number of nitrogens with zero attached hydrogens (tertiary/aromatic N) is 4. The van der Waals surface area contributed by atoms with Gasteiger partial charge in [-0.2, -0.15) is 0 Å². The monoisotopic (exact) mass is 343 g/mol. The zero-order chi connectivity index (χ0) is 14.7. The molecule has 0 aliphatic rings. The van der Waals surface area contributed by atoms with E-state index in [0.717, 1.165) is 22.4 Å². The lowest BCUT2D eigenvalue weighted by Gasteiger charge is -2.09. The van der Waals surface area contributed by atoms with Crippen molar-refractivity contribution in [3.63, 3.8) is 0 Å². The minimum absolute atomic E-state index is 0.762. The van der Waals surface area contributed by atoms with E-state index in [1.807, 2.05) is 24.3 Å². The van der Waals surface area contributed by atoms with E-state index in [-0.39, 0.29) is 0 Å². The number of nitrogens with one attached hydrogen (secondary N) is 1. The summed E-state index contributed by atoms with van der Waals surface area (Å²) in [6.45, 7) is 2.84. The second kappa shape index (κ2) is 6.05. The van der Waals surface area contributed by atoms with Crippen molar-refractivity contribution in [2.24, 2.45) is 0 Å². The van der Waals surface area contributed by atoms with Crippen molar-refractivity contribution in [1.29, 1.82) is 0 Å². The minimum Gasteiger partial charge on any atom is -0.381 e. The van der Waals surface area contributed by atoms with E-state index in [1.54, 1.807) is 11.0 Å². The van der Waals surface area contributed by atoms with E-state index < -0.39 is 0 Å². The molecule has 3 aromatic rings. The van der Waals surface area contributed by atoms with Crippen LogP contribution in [0.25, 0.3) is 5.69 Å². The summed E-state index contributed by atoms with van der Waals surface area (Å²) in [7, 11) is 0. The Kier molecular flexibility index (Phi) is 3.96. The average Bonchev–Trinajstić information content (AvgIpc) is 3.03. The minimum atomic E-state index is 0.762. The molecule has 21 heavy (non-hydrogen) atoms. The maximum atomic E-state index is 3.89. The quantitative estimate of drug-likeness (QED) is 0.789. The molecular formula is C15H14BrN5. The molecule has 6 heteroatoms. The summed E-state index contributed by atoms with van der Waals surface area (Å²) in [5.74, 6) is 0. The number of hydrogen-bond donors (Lipinski definition) is 1. The zero-order valence-electron chi connectivity index (χ0n) is 11.5. The first-order chi connectivity index (χ1) is 10.2. The third-order valence-corrected chi connectivity index (χ3v) is 4.05. The van der Waals surface area contributed by atoms with Crippen LogP contribution in [-0.2, 0) is 6.54 Å². The Hall–Kier alpha value is -2.21. The van der Waals surface area contributed by atoms with E-state index in [1.165, 1.54) is 11.1 Å². The fourth-order valence-electron chi connectivity index (χ4n) is 1.99. The molecule has 0 aliphatic heterocycles. The third-order valence-electron chi connectivity index (χ3n) is 3.19. The second-order valence-electron chi connectivity index (χ2n) is 4.74. The number of anilines is 1. The zero-order valence-corrected chi connectivity index (χ0v) is 13.1. The Morgan fingerprint density at radius 3 is 2.86 bits per heavy atom. The van der Waals surface area contributed by atoms with Gasteiger partial charge in [0.05, 0.1) is 5.69 Å².